The maximum Gasteiger partial charge on any atom is 0.114 e. The molecule has 2 unspecified atom stereocenters. The molecular weight excluding hydrogens is 256 g/mol. The van der Waals surface area contributed by atoms with Gasteiger partial charge in [-0.25, -0.2) is 0 Å². The molecule has 21 heavy (non-hydrogen) atoms. The molecular formula is C20H12O. The topological polar surface area (TPSA) is 12.5 Å². The predicted molar refractivity (Wildman–Crippen MR) is 86.8 cm³/mol. The molecule has 4 aromatic rings. The van der Waals surface area contributed by atoms with Crippen molar-refractivity contribution in [3.63, 3.8) is 0 Å². The highest BCUT2D eigenvalue weighted by Gasteiger charge is 2.42. The Labute approximate surface area is 121 Å². The van der Waals surface area contributed by atoms with Gasteiger partial charge >= 0.3 is 0 Å². The minimum atomic E-state index is 0.273. The van der Waals surface area contributed by atoms with Crippen LogP contribution in [0.5, 0.6) is 0 Å². The zero-order valence-electron chi connectivity index (χ0n) is 11.3. The van der Waals surface area contributed by atoms with Crippen molar-refractivity contribution in [1.82, 2.24) is 0 Å². The largest absolute Gasteiger partial charge is 0.360 e. The lowest BCUT2D eigenvalue weighted by atomic mass is 9.86. The normalized spacial score (nSPS) is 22.9. The van der Waals surface area contributed by atoms with E-state index in [0.717, 1.165) is 0 Å². The first-order valence-corrected chi connectivity index (χ1v) is 7.44. The van der Waals surface area contributed by atoms with Crippen molar-refractivity contribution in [2.24, 2.45) is 0 Å². The van der Waals surface area contributed by atoms with Gasteiger partial charge in [0.1, 0.15) is 12.2 Å². The lowest BCUT2D eigenvalue weighted by molar-refractivity contribution is 0.396. The minimum absolute atomic E-state index is 0.273. The molecule has 1 fully saturated rings. The van der Waals surface area contributed by atoms with E-state index in [9.17, 15) is 0 Å². The van der Waals surface area contributed by atoms with Crippen molar-refractivity contribution in [3.05, 3.63) is 65.7 Å². The van der Waals surface area contributed by atoms with Crippen LogP contribution in [-0.2, 0) is 4.74 Å². The van der Waals surface area contributed by atoms with Gasteiger partial charge in [-0.2, -0.15) is 0 Å². The highest BCUT2D eigenvalue weighted by molar-refractivity contribution is 6.24. The number of rotatable bonds is 0. The Balaban J connectivity index is 1.94. The molecule has 0 aromatic heterocycles. The molecule has 1 nitrogen and oxygen atoms in total. The Morgan fingerprint density at radius 2 is 1.62 bits per heavy atom. The fourth-order valence-electron chi connectivity index (χ4n) is 4.01. The zero-order valence-corrected chi connectivity index (χ0v) is 11.3. The quantitative estimate of drug-likeness (QED) is 0.321. The van der Waals surface area contributed by atoms with Gasteiger partial charge in [0.2, 0.25) is 0 Å². The lowest BCUT2D eigenvalue weighted by Crippen LogP contribution is -1.98. The van der Waals surface area contributed by atoms with Gasteiger partial charge < -0.3 is 4.74 Å². The molecule has 2 aliphatic rings. The Morgan fingerprint density at radius 1 is 0.810 bits per heavy atom. The molecule has 1 heteroatoms. The van der Waals surface area contributed by atoms with Crippen LogP contribution in [0.2, 0.25) is 0 Å². The third-order valence-electron chi connectivity index (χ3n) is 5.00. The number of hydrogen-bond acceptors (Lipinski definition) is 1. The summed E-state index contributed by atoms with van der Waals surface area (Å²) in [5.74, 6) is 0. The molecule has 98 valence electrons. The smallest absolute Gasteiger partial charge is 0.114 e. The predicted octanol–water partition coefficient (Wildman–Crippen LogP) is 5.05. The van der Waals surface area contributed by atoms with E-state index < -0.39 is 0 Å². The molecule has 1 heterocycles. The van der Waals surface area contributed by atoms with Crippen LogP contribution in [0.25, 0.3) is 38.4 Å². The molecule has 1 saturated heterocycles. The third-order valence-corrected chi connectivity index (χ3v) is 5.00. The second-order valence-corrected chi connectivity index (χ2v) is 6.12. The first-order valence-electron chi connectivity index (χ1n) is 7.44. The summed E-state index contributed by atoms with van der Waals surface area (Å²) in [4.78, 5) is 0. The van der Waals surface area contributed by atoms with E-state index >= 15 is 0 Å². The fourth-order valence-corrected chi connectivity index (χ4v) is 4.01. The Morgan fingerprint density at radius 3 is 2.52 bits per heavy atom. The maximum atomic E-state index is 5.81. The Kier molecular flexibility index (Phi) is 1.61. The molecule has 0 radical (unpaired) electrons. The molecule has 2 atom stereocenters. The van der Waals surface area contributed by atoms with E-state index in [2.05, 4.69) is 60.7 Å². The second-order valence-electron chi connectivity index (χ2n) is 6.12. The molecule has 0 N–H and O–H groups in total. The molecule has 1 aliphatic carbocycles. The van der Waals surface area contributed by atoms with Gasteiger partial charge in [-0.05, 0) is 49.5 Å². The van der Waals surface area contributed by atoms with Crippen molar-refractivity contribution in [3.8, 4) is 0 Å². The highest BCUT2D eigenvalue weighted by Crippen LogP contribution is 2.50. The van der Waals surface area contributed by atoms with Crippen molar-refractivity contribution >= 4 is 38.4 Å². The SMILES string of the molecule is C1=CC2OC2c2c1cc1ccc3cccc4ccc2c1c34. The van der Waals surface area contributed by atoms with Crippen LogP contribution in [0.1, 0.15) is 17.2 Å². The van der Waals surface area contributed by atoms with Gasteiger partial charge in [0.25, 0.3) is 0 Å². The van der Waals surface area contributed by atoms with E-state index in [0.29, 0.717) is 6.10 Å². The fraction of sp³-hybridized carbons (Fsp3) is 0.100. The maximum absolute atomic E-state index is 5.81. The Hall–Kier alpha value is -2.38. The van der Waals surface area contributed by atoms with Crippen LogP contribution in [0.3, 0.4) is 0 Å². The van der Waals surface area contributed by atoms with Gasteiger partial charge in [0, 0.05) is 0 Å². The van der Waals surface area contributed by atoms with E-state index in [-0.39, 0.29) is 6.10 Å². The standard InChI is InChI=1S/C20H12O/c1-2-11-4-5-13-10-14-7-9-16-20(21-16)19(14)15-8-6-12(3-1)17(11)18(13)15/h1-10,16,20H. The lowest BCUT2D eigenvalue weighted by Gasteiger charge is -2.16. The zero-order chi connectivity index (χ0) is 13.6. The summed E-state index contributed by atoms with van der Waals surface area (Å²) in [6.07, 6.45) is 4.98. The van der Waals surface area contributed by atoms with E-state index in [1.54, 1.807) is 0 Å². The van der Waals surface area contributed by atoms with Crippen LogP contribution >= 0.6 is 0 Å². The molecule has 4 aromatic carbocycles. The van der Waals surface area contributed by atoms with Crippen LogP contribution < -0.4 is 0 Å². The average Bonchev–Trinajstić information content (AvgIpc) is 3.31. The summed E-state index contributed by atoms with van der Waals surface area (Å²) >= 11 is 0. The van der Waals surface area contributed by atoms with E-state index in [1.807, 2.05) is 0 Å². The first-order chi connectivity index (χ1) is 10.4. The van der Waals surface area contributed by atoms with Gasteiger partial charge in [0.15, 0.2) is 0 Å². The average molecular weight is 268 g/mol. The molecule has 0 bridgehead atoms. The van der Waals surface area contributed by atoms with Gasteiger partial charge in [0.05, 0.1) is 0 Å². The summed E-state index contributed by atoms with van der Waals surface area (Å²) in [5.41, 5.74) is 2.70. The van der Waals surface area contributed by atoms with Crippen LogP contribution in [0, 0.1) is 0 Å². The molecule has 6 rings (SSSR count). The first kappa shape index (κ1) is 10.4. The summed E-state index contributed by atoms with van der Waals surface area (Å²) in [5, 5.41) is 8.13. The number of fused-ring (bicyclic) bond motifs is 4. The third kappa shape index (κ3) is 1.17. The van der Waals surface area contributed by atoms with Gasteiger partial charge in [-0.15, -0.1) is 0 Å². The van der Waals surface area contributed by atoms with Crippen LogP contribution in [0.15, 0.2) is 54.6 Å². The molecule has 0 amide bonds. The molecule has 1 aliphatic heterocycles. The second kappa shape index (κ2) is 3.26. The number of epoxide rings is 1. The van der Waals surface area contributed by atoms with Crippen molar-refractivity contribution < 1.29 is 4.74 Å². The summed E-state index contributed by atoms with van der Waals surface area (Å²) in [6, 6.07) is 17.9. The van der Waals surface area contributed by atoms with Gasteiger partial charge in [-0.3, -0.25) is 0 Å². The summed E-state index contributed by atoms with van der Waals surface area (Å²) in [6.45, 7) is 0. The summed E-state index contributed by atoms with van der Waals surface area (Å²) < 4.78 is 5.81. The summed E-state index contributed by atoms with van der Waals surface area (Å²) in [7, 11) is 0. The minimum Gasteiger partial charge on any atom is -0.360 e. The Bertz CT molecular complexity index is 1060. The highest BCUT2D eigenvalue weighted by atomic mass is 16.6. The van der Waals surface area contributed by atoms with Crippen LogP contribution in [0.4, 0.5) is 0 Å². The van der Waals surface area contributed by atoms with Crippen molar-refractivity contribution in [2.75, 3.05) is 0 Å². The molecule has 0 saturated carbocycles. The van der Waals surface area contributed by atoms with Crippen molar-refractivity contribution in [2.45, 2.75) is 12.2 Å². The van der Waals surface area contributed by atoms with E-state index in [1.165, 1.54) is 43.4 Å². The number of hydrogen-bond donors (Lipinski definition) is 0. The van der Waals surface area contributed by atoms with Crippen LogP contribution in [-0.4, -0.2) is 6.10 Å². The number of ether oxygens (including phenoxy) is 1. The number of benzene rings is 4. The monoisotopic (exact) mass is 268 g/mol. The van der Waals surface area contributed by atoms with Crippen molar-refractivity contribution in [1.29, 1.82) is 0 Å². The molecule has 0 spiro atoms. The van der Waals surface area contributed by atoms with E-state index in [4.69, 9.17) is 4.74 Å². The van der Waals surface area contributed by atoms with Gasteiger partial charge in [-0.1, -0.05) is 54.6 Å².